The quantitative estimate of drug-likeness (QED) is 0.855. The van der Waals surface area contributed by atoms with Gasteiger partial charge in [-0.1, -0.05) is 12.1 Å². The maximum absolute atomic E-state index is 13.0. The van der Waals surface area contributed by atoms with Crippen molar-refractivity contribution in [2.75, 3.05) is 19.7 Å². The highest BCUT2D eigenvalue weighted by Gasteiger charge is 2.27. The van der Waals surface area contributed by atoms with Crippen molar-refractivity contribution >= 4 is 5.91 Å². The number of aromatic nitrogens is 1. The summed E-state index contributed by atoms with van der Waals surface area (Å²) in [5.41, 5.74) is 2.57. The normalized spacial score (nSPS) is 18.5. The number of aryl methyl sites for hydroxylation is 1. The summed E-state index contributed by atoms with van der Waals surface area (Å²) in [6.07, 6.45) is 1.68. The average Bonchev–Trinajstić information content (AvgIpc) is 2.87. The third-order valence-electron chi connectivity index (χ3n) is 4.21. The Bertz CT molecular complexity index is 678. The summed E-state index contributed by atoms with van der Waals surface area (Å²) in [7, 11) is 1.92. The van der Waals surface area contributed by atoms with Gasteiger partial charge >= 0.3 is 0 Å². The van der Waals surface area contributed by atoms with E-state index in [-0.39, 0.29) is 17.8 Å². The Morgan fingerprint density at radius 3 is 2.64 bits per heavy atom. The van der Waals surface area contributed by atoms with E-state index in [4.69, 9.17) is 4.74 Å². The fourth-order valence-corrected chi connectivity index (χ4v) is 2.72. The molecule has 0 bridgehead atoms. The van der Waals surface area contributed by atoms with E-state index in [1.54, 1.807) is 17.0 Å². The molecule has 0 spiro atoms. The zero-order chi connectivity index (χ0) is 15.7. The van der Waals surface area contributed by atoms with Gasteiger partial charge in [0.1, 0.15) is 11.9 Å². The molecule has 0 N–H and O–H groups in total. The van der Waals surface area contributed by atoms with Gasteiger partial charge in [0.2, 0.25) is 0 Å². The predicted molar refractivity (Wildman–Crippen MR) is 81.1 cm³/mol. The number of nitrogens with zero attached hydrogens (tertiary/aromatic N) is 2. The zero-order valence-electron chi connectivity index (χ0n) is 12.8. The highest BCUT2D eigenvalue weighted by Crippen LogP contribution is 2.24. The van der Waals surface area contributed by atoms with Crippen molar-refractivity contribution in [2.24, 2.45) is 7.05 Å². The molecule has 3 rings (SSSR count). The van der Waals surface area contributed by atoms with Gasteiger partial charge < -0.3 is 14.2 Å². The van der Waals surface area contributed by atoms with Crippen LogP contribution in [0.25, 0.3) is 0 Å². The van der Waals surface area contributed by atoms with E-state index in [1.807, 2.05) is 30.8 Å². The Kier molecular flexibility index (Phi) is 3.98. The fourth-order valence-electron chi connectivity index (χ4n) is 2.72. The number of rotatable bonds is 2. The fraction of sp³-hybridized carbons (Fsp3) is 0.353. The number of amides is 1. The van der Waals surface area contributed by atoms with Crippen LogP contribution in [0.3, 0.4) is 0 Å². The number of carbonyl (C=O) groups excluding carboxylic acids is 1. The van der Waals surface area contributed by atoms with Crippen LogP contribution in [0.1, 0.15) is 27.7 Å². The smallest absolute Gasteiger partial charge is 0.255 e. The summed E-state index contributed by atoms with van der Waals surface area (Å²) < 4.78 is 20.7. The van der Waals surface area contributed by atoms with E-state index in [2.05, 4.69) is 0 Å². The molecule has 2 aromatic rings. The molecule has 1 aliphatic rings. The molecule has 4 nitrogen and oxygen atoms in total. The summed E-state index contributed by atoms with van der Waals surface area (Å²) in [6.45, 7) is 3.48. The topological polar surface area (TPSA) is 34.5 Å². The lowest BCUT2D eigenvalue weighted by molar-refractivity contribution is -0.0228. The molecule has 0 radical (unpaired) electrons. The molecular formula is C17H19FN2O2. The van der Waals surface area contributed by atoms with Crippen molar-refractivity contribution in [1.82, 2.24) is 9.47 Å². The third-order valence-corrected chi connectivity index (χ3v) is 4.21. The van der Waals surface area contributed by atoms with E-state index in [0.717, 1.165) is 16.8 Å². The van der Waals surface area contributed by atoms with Gasteiger partial charge in [0.25, 0.3) is 5.91 Å². The Balaban J connectivity index is 1.76. The molecule has 0 aliphatic carbocycles. The van der Waals surface area contributed by atoms with Gasteiger partial charge in [-0.05, 0) is 30.7 Å². The van der Waals surface area contributed by atoms with Crippen LogP contribution in [-0.2, 0) is 11.8 Å². The highest BCUT2D eigenvalue weighted by molar-refractivity contribution is 5.95. The van der Waals surface area contributed by atoms with Crippen molar-refractivity contribution in [2.45, 2.75) is 13.0 Å². The van der Waals surface area contributed by atoms with Gasteiger partial charge in [0.15, 0.2) is 0 Å². The van der Waals surface area contributed by atoms with E-state index >= 15 is 0 Å². The van der Waals surface area contributed by atoms with E-state index < -0.39 is 0 Å². The van der Waals surface area contributed by atoms with E-state index in [9.17, 15) is 9.18 Å². The molecule has 0 unspecified atom stereocenters. The average molecular weight is 302 g/mol. The van der Waals surface area contributed by atoms with Crippen LogP contribution >= 0.6 is 0 Å². The highest BCUT2D eigenvalue weighted by atomic mass is 19.1. The first-order valence-electron chi connectivity index (χ1n) is 7.34. The molecular weight excluding hydrogens is 283 g/mol. The van der Waals surface area contributed by atoms with Crippen LogP contribution in [0.15, 0.2) is 36.5 Å². The van der Waals surface area contributed by atoms with Gasteiger partial charge in [-0.25, -0.2) is 4.39 Å². The maximum atomic E-state index is 13.0. The second kappa shape index (κ2) is 5.93. The van der Waals surface area contributed by atoms with Gasteiger partial charge in [0, 0.05) is 25.5 Å². The number of hydrogen-bond donors (Lipinski definition) is 0. The van der Waals surface area contributed by atoms with Gasteiger partial charge in [-0.2, -0.15) is 0 Å². The van der Waals surface area contributed by atoms with Crippen LogP contribution in [-0.4, -0.2) is 35.1 Å². The molecule has 1 fully saturated rings. The number of halogens is 1. The van der Waals surface area contributed by atoms with Crippen molar-refractivity contribution in [1.29, 1.82) is 0 Å². The molecule has 1 saturated heterocycles. The van der Waals surface area contributed by atoms with E-state index in [0.29, 0.717) is 19.7 Å². The van der Waals surface area contributed by atoms with Crippen molar-refractivity contribution in [3.8, 4) is 0 Å². The third kappa shape index (κ3) is 2.76. The molecule has 116 valence electrons. The van der Waals surface area contributed by atoms with Crippen LogP contribution in [0.4, 0.5) is 4.39 Å². The van der Waals surface area contributed by atoms with Gasteiger partial charge in [0.05, 0.1) is 18.7 Å². The summed E-state index contributed by atoms with van der Waals surface area (Å²) in [4.78, 5) is 14.5. The van der Waals surface area contributed by atoms with Crippen molar-refractivity contribution < 1.29 is 13.9 Å². The number of hydrogen-bond acceptors (Lipinski definition) is 2. The number of benzene rings is 1. The van der Waals surface area contributed by atoms with Crippen LogP contribution in [0, 0.1) is 12.7 Å². The largest absolute Gasteiger partial charge is 0.370 e. The minimum absolute atomic E-state index is 0.0218. The minimum atomic E-state index is -0.271. The second-order valence-electron chi connectivity index (χ2n) is 5.59. The molecule has 1 aromatic heterocycles. The van der Waals surface area contributed by atoms with Gasteiger partial charge in [-0.15, -0.1) is 0 Å². The lowest BCUT2D eigenvalue weighted by atomic mass is 10.1. The standard InChI is InChI=1S/C17H19FN2O2/c1-12-15(7-8-19(12)2)17(21)20-9-10-22-16(11-20)13-3-5-14(18)6-4-13/h3-8,16H,9-11H2,1-2H3/t16-/m1/s1. The number of carbonyl (C=O) groups is 1. The molecule has 1 aromatic carbocycles. The first kappa shape index (κ1) is 14.8. The van der Waals surface area contributed by atoms with Crippen LogP contribution < -0.4 is 0 Å². The minimum Gasteiger partial charge on any atom is -0.370 e. The molecule has 2 heterocycles. The molecule has 1 aliphatic heterocycles. The number of morpholine rings is 1. The first-order chi connectivity index (χ1) is 10.6. The van der Waals surface area contributed by atoms with Crippen LogP contribution in [0.2, 0.25) is 0 Å². The lowest BCUT2D eigenvalue weighted by Crippen LogP contribution is -2.42. The Morgan fingerprint density at radius 1 is 1.27 bits per heavy atom. The Morgan fingerprint density at radius 2 is 2.00 bits per heavy atom. The van der Waals surface area contributed by atoms with E-state index in [1.165, 1.54) is 12.1 Å². The zero-order valence-corrected chi connectivity index (χ0v) is 12.8. The lowest BCUT2D eigenvalue weighted by Gasteiger charge is -2.33. The molecule has 22 heavy (non-hydrogen) atoms. The molecule has 1 atom stereocenters. The maximum Gasteiger partial charge on any atom is 0.255 e. The summed E-state index contributed by atoms with van der Waals surface area (Å²) in [5, 5.41) is 0. The molecule has 0 saturated carbocycles. The Labute approximate surface area is 129 Å². The first-order valence-corrected chi connectivity index (χ1v) is 7.34. The van der Waals surface area contributed by atoms with Crippen LogP contribution in [0.5, 0.6) is 0 Å². The Hall–Kier alpha value is -2.14. The molecule has 1 amide bonds. The summed E-state index contributed by atoms with van der Waals surface area (Å²) in [5.74, 6) is -0.249. The predicted octanol–water partition coefficient (Wildman–Crippen LogP) is 2.69. The van der Waals surface area contributed by atoms with Crippen molar-refractivity contribution in [3.05, 3.63) is 59.2 Å². The molecule has 5 heteroatoms. The summed E-state index contributed by atoms with van der Waals surface area (Å²) in [6, 6.07) is 8.10. The summed E-state index contributed by atoms with van der Waals surface area (Å²) >= 11 is 0. The van der Waals surface area contributed by atoms with Crippen molar-refractivity contribution in [3.63, 3.8) is 0 Å². The SMILES string of the molecule is Cc1c(C(=O)N2CCO[C@@H](c3ccc(F)cc3)C2)ccn1C. The number of ether oxygens (including phenoxy) is 1. The van der Waals surface area contributed by atoms with Gasteiger partial charge in [-0.3, -0.25) is 4.79 Å². The second-order valence-corrected chi connectivity index (χ2v) is 5.59. The monoisotopic (exact) mass is 302 g/mol.